The third-order valence-electron chi connectivity index (χ3n) is 13.1. The van der Waals surface area contributed by atoms with E-state index < -0.39 is 80.7 Å². The monoisotopic (exact) mass is 935 g/mol. The second-order valence-electron chi connectivity index (χ2n) is 19.1. The number of hydrogen-bond acceptors (Lipinski definition) is 14. The maximum absolute atomic E-state index is 13.0. The maximum Gasteiger partial charge on any atom is 0.306 e. The summed E-state index contributed by atoms with van der Waals surface area (Å²) in [5, 5.41) is 72.1. The Balaban J connectivity index is 1.75. The molecule has 0 aliphatic carbocycles. The minimum Gasteiger partial charge on any atom is -0.457 e. The van der Waals surface area contributed by atoms with Crippen molar-refractivity contribution in [3.8, 4) is 0 Å². The van der Waals surface area contributed by atoms with Gasteiger partial charge in [-0.3, -0.25) is 4.79 Å². The van der Waals surface area contributed by atoms with Crippen LogP contribution in [0.5, 0.6) is 0 Å². The minimum atomic E-state index is -1.70. The van der Waals surface area contributed by atoms with E-state index in [4.69, 9.17) is 28.4 Å². The summed E-state index contributed by atoms with van der Waals surface area (Å²) < 4.78 is 34.3. The molecule has 65 heavy (non-hydrogen) atoms. The topological polar surface area (TPSA) is 214 Å². The van der Waals surface area contributed by atoms with Crippen LogP contribution in [0.1, 0.15) is 219 Å². The molecule has 0 aromatic rings. The van der Waals surface area contributed by atoms with Gasteiger partial charge in [-0.15, -0.1) is 0 Å². The zero-order valence-corrected chi connectivity index (χ0v) is 41.0. The van der Waals surface area contributed by atoms with Crippen LogP contribution in [0.2, 0.25) is 0 Å². The van der Waals surface area contributed by atoms with Crippen molar-refractivity contribution in [1.29, 1.82) is 0 Å². The number of esters is 1. The van der Waals surface area contributed by atoms with Crippen molar-refractivity contribution >= 4 is 5.97 Å². The van der Waals surface area contributed by atoms with E-state index >= 15 is 0 Å². The third kappa shape index (κ3) is 27.7. The Morgan fingerprint density at radius 2 is 0.815 bits per heavy atom. The molecule has 2 aliphatic rings. The number of unbranched alkanes of at least 4 members (excludes halogenated alkanes) is 29. The van der Waals surface area contributed by atoms with Crippen LogP contribution in [0.4, 0.5) is 0 Å². The highest BCUT2D eigenvalue weighted by Gasteiger charge is 2.47. The number of carbonyl (C=O) groups excluding carboxylic acids is 1. The van der Waals surface area contributed by atoms with Gasteiger partial charge in [-0.05, 0) is 12.8 Å². The molecule has 2 rings (SSSR count). The number of aliphatic hydroxyl groups is 7. The second kappa shape index (κ2) is 39.8. The van der Waals surface area contributed by atoms with Crippen LogP contribution in [0.3, 0.4) is 0 Å². The molecule has 0 bridgehead atoms. The van der Waals surface area contributed by atoms with Gasteiger partial charge in [-0.25, -0.2) is 0 Å². The van der Waals surface area contributed by atoms with Crippen molar-refractivity contribution in [1.82, 2.24) is 0 Å². The lowest BCUT2D eigenvalue weighted by Crippen LogP contribution is -2.61. The molecule has 2 fully saturated rings. The Morgan fingerprint density at radius 1 is 0.446 bits per heavy atom. The van der Waals surface area contributed by atoms with Crippen LogP contribution in [-0.4, -0.2) is 142 Å². The quantitative estimate of drug-likeness (QED) is 0.0228. The van der Waals surface area contributed by atoms with Crippen molar-refractivity contribution in [3.05, 3.63) is 0 Å². The largest absolute Gasteiger partial charge is 0.457 e. The standard InChI is InChI=1S/C51H98O14/c1-3-5-7-9-11-13-15-17-19-20-21-22-24-26-28-30-32-34-43(53)63-40(37-60-35-33-31-29-27-25-23-18-16-14-12-10-8-6-4-2)38-61-50-49(59)47(57)45(55)42(65-50)39-62-51-48(58)46(56)44(54)41(36-52)64-51/h40-42,44-52,54-59H,3-39H2,1-2H3. The molecule has 0 spiro atoms. The zero-order valence-electron chi connectivity index (χ0n) is 41.0. The summed E-state index contributed by atoms with van der Waals surface area (Å²) in [5.74, 6) is -0.369. The van der Waals surface area contributed by atoms with E-state index in [0.717, 1.165) is 44.9 Å². The highest BCUT2D eigenvalue weighted by Crippen LogP contribution is 2.27. The van der Waals surface area contributed by atoms with Crippen molar-refractivity contribution < 1.29 is 69.0 Å². The van der Waals surface area contributed by atoms with Gasteiger partial charge in [0.15, 0.2) is 12.6 Å². The van der Waals surface area contributed by atoms with Gasteiger partial charge in [0, 0.05) is 13.0 Å². The van der Waals surface area contributed by atoms with Crippen molar-refractivity contribution in [2.24, 2.45) is 0 Å². The number of carbonyl (C=O) groups is 1. The summed E-state index contributed by atoms with van der Waals surface area (Å²) >= 11 is 0. The summed E-state index contributed by atoms with van der Waals surface area (Å²) in [5.41, 5.74) is 0. The summed E-state index contributed by atoms with van der Waals surface area (Å²) in [6.07, 6.45) is 23.0. The Morgan fingerprint density at radius 3 is 1.25 bits per heavy atom. The molecule has 2 saturated heterocycles. The van der Waals surface area contributed by atoms with Gasteiger partial charge in [0.2, 0.25) is 0 Å². The molecular weight excluding hydrogens is 837 g/mol. The predicted octanol–water partition coefficient (Wildman–Crippen LogP) is 8.08. The summed E-state index contributed by atoms with van der Waals surface area (Å²) in [6.45, 7) is 3.74. The molecule has 11 atom stereocenters. The average molecular weight is 935 g/mol. The summed E-state index contributed by atoms with van der Waals surface area (Å²) in [6, 6.07) is 0. The molecule has 0 aromatic heterocycles. The molecule has 7 N–H and O–H groups in total. The van der Waals surface area contributed by atoms with Crippen LogP contribution in [-0.2, 0) is 33.2 Å². The zero-order chi connectivity index (χ0) is 47.3. The maximum atomic E-state index is 13.0. The molecule has 14 nitrogen and oxygen atoms in total. The Labute approximate surface area is 393 Å². The lowest BCUT2D eigenvalue weighted by molar-refractivity contribution is -0.332. The van der Waals surface area contributed by atoms with E-state index in [1.165, 1.54) is 154 Å². The summed E-state index contributed by atoms with van der Waals surface area (Å²) in [4.78, 5) is 13.0. The van der Waals surface area contributed by atoms with E-state index in [1.807, 2.05) is 0 Å². The average Bonchev–Trinajstić information content (AvgIpc) is 3.30. The van der Waals surface area contributed by atoms with E-state index in [9.17, 15) is 40.5 Å². The molecular formula is C51H98O14. The fourth-order valence-electron chi connectivity index (χ4n) is 8.76. The predicted molar refractivity (Wildman–Crippen MR) is 252 cm³/mol. The molecule has 11 unspecified atom stereocenters. The van der Waals surface area contributed by atoms with Gasteiger partial charge in [-0.1, -0.05) is 200 Å². The molecule has 386 valence electrons. The van der Waals surface area contributed by atoms with Crippen LogP contribution >= 0.6 is 0 Å². The SMILES string of the molecule is CCCCCCCCCCCCCCCCCCCC(=O)OC(COCCCCCCCCCCCCCCCC)COC1OC(COC2OC(CO)C(O)C(O)C2O)C(O)C(O)C1O. The smallest absolute Gasteiger partial charge is 0.306 e. The third-order valence-corrected chi connectivity index (χ3v) is 13.1. The Hall–Kier alpha value is -1.01. The second-order valence-corrected chi connectivity index (χ2v) is 19.1. The van der Waals surface area contributed by atoms with E-state index in [1.54, 1.807) is 0 Å². The molecule has 2 aliphatic heterocycles. The molecule has 0 aromatic carbocycles. The van der Waals surface area contributed by atoms with E-state index in [-0.39, 0.29) is 25.6 Å². The fourth-order valence-corrected chi connectivity index (χ4v) is 8.76. The van der Waals surface area contributed by atoms with Crippen molar-refractivity contribution in [2.45, 2.75) is 287 Å². The van der Waals surface area contributed by atoms with Gasteiger partial charge in [0.25, 0.3) is 0 Å². The lowest BCUT2D eigenvalue weighted by atomic mass is 9.98. The first-order chi connectivity index (χ1) is 31.6. The first-order valence-corrected chi connectivity index (χ1v) is 26.6. The Kier molecular flexibility index (Phi) is 36.8. The van der Waals surface area contributed by atoms with Gasteiger partial charge in [-0.2, -0.15) is 0 Å². The van der Waals surface area contributed by atoms with Crippen LogP contribution in [0.25, 0.3) is 0 Å². The Bertz CT molecular complexity index is 1090. The molecule has 0 amide bonds. The van der Waals surface area contributed by atoms with Crippen LogP contribution in [0, 0.1) is 0 Å². The number of hydrogen-bond donors (Lipinski definition) is 7. The summed E-state index contributed by atoms with van der Waals surface area (Å²) in [7, 11) is 0. The van der Waals surface area contributed by atoms with E-state index in [2.05, 4.69) is 13.8 Å². The van der Waals surface area contributed by atoms with Crippen LogP contribution < -0.4 is 0 Å². The first-order valence-electron chi connectivity index (χ1n) is 26.6. The molecule has 0 saturated carbocycles. The van der Waals surface area contributed by atoms with Gasteiger partial charge >= 0.3 is 5.97 Å². The number of aliphatic hydroxyl groups excluding tert-OH is 7. The highest BCUT2D eigenvalue weighted by molar-refractivity contribution is 5.69. The molecule has 2 heterocycles. The van der Waals surface area contributed by atoms with Gasteiger partial charge in [0.1, 0.15) is 54.9 Å². The highest BCUT2D eigenvalue weighted by atomic mass is 16.7. The first kappa shape index (κ1) is 60.1. The van der Waals surface area contributed by atoms with E-state index in [0.29, 0.717) is 6.61 Å². The van der Waals surface area contributed by atoms with Crippen molar-refractivity contribution in [3.63, 3.8) is 0 Å². The van der Waals surface area contributed by atoms with Crippen LogP contribution in [0.15, 0.2) is 0 Å². The van der Waals surface area contributed by atoms with Gasteiger partial charge in [0.05, 0.1) is 26.4 Å². The fraction of sp³-hybridized carbons (Fsp3) is 0.980. The van der Waals surface area contributed by atoms with Gasteiger partial charge < -0.3 is 64.2 Å². The molecule has 0 radical (unpaired) electrons. The molecule has 14 heteroatoms. The normalized spacial score (nSPS) is 26.4. The minimum absolute atomic E-state index is 0.0703. The number of ether oxygens (including phenoxy) is 6. The number of rotatable bonds is 43. The van der Waals surface area contributed by atoms with Crippen molar-refractivity contribution in [2.75, 3.05) is 33.0 Å². The lowest BCUT2D eigenvalue weighted by Gasteiger charge is -2.42.